The summed E-state index contributed by atoms with van der Waals surface area (Å²) < 4.78 is 10.7. The van der Waals surface area contributed by atoms with E-state index in [0.717, 1.165) is 13.1 Å². The van der Waals surface area contributed by atoms with Crippen molar-refractivity contribution in [3.63, 3.8) is 0 Å². The Labute approximate surface area is 74.0 Å². The van der Waals surface area contributed by atoms with Gasteiger partial charge in [0.25, 0.3) is 0 Å². The number of nitrogens with zero attached hydrogens (tertiary/aromatic N) is 2. The Hall–Kier alpha value is -0.160. The van der Waals surface area contributed by atoms with Crippen LogP contribution in [-0.2, 0) is 9.47 Å². The Balaban J connectivity index is 2.61. The molecule has 0 radical (unpaired) electrons. The van der Waals surface area contributed by atoms with Crippen LogP contribution in [0.4, 0.5) is 0 Å². The van der Waals surface area contributed by atoms with E-state index in [4.69, 9.17) is 9.47 Å². The molecular weight excluding hydrogens is 156 g/mol. The lowest BCUT2D eigenvalue weighted by atomic mass is 10.3. The molecule has 2 unspecified atom stereocenters. The molecule has 1 aliphatic rings. The molecule has 1 saturated heterocycles. The number of piperazine rings is 1. The van der Waals surface area contributed by atoms with Crippen LogP contribution in [0, 0.1) is 0 Å². The van der Waals surface area contributed by atoms with Crippen molar-refractivity contribution in [1.29, 1.82) is 0 Å². The van der Waals surface area contributed by atoms with Gasteiger partial charge >= 0.3 is 0 Å². The largest absolute Gasteiger partial charge is 0.362 e. The zero-order valence-electron chi connectivity index (χ0n) is 8.28. The molecule has 12 heavy (non-hydrogen) atoms. The first-order valence-corrected chi connectivity index (χ1v) is 4.16. The predicted octanol–water partition coefficient (Wildman–Crippen LogP) is -0.191. The lowest BCUT2D eigenvalue weighted by Crippen LogP contribution is -2.58. The van der Waals surface area contributed by atoms with E-state index in [1.165, 1.54) is 0 Å². The molecule has 0 bridgehead atoms. The van der Waals surface area contributed by atoms with E-state index in [0.29, 0.717) is 0 Å². The van der Waals surface area contributed by atoms with Crippen LogP contribution >= 0.6 is 0 Å². The molecule has 1 heterocycles. The summed E-state index contributed by atoms with van der Waals surface area (Å²) in [6, 6.07) is 0. The van der Waals surface area contributed by atoms with Gasteiger partial charge in [-0.05, 0) is 14.1 Å². The molecule has 0 amide bonds. The molecule has 0 spiro atoms. The monoisotopic (exact) mass is 174 g/mol. The van der Waals surface area contributed by atoms with Gasteiger partial charge < -0.3 is 9.47 Å². The maximum absolute atomic E-state index is 5.34. The van der Waals surface area contributed by atoms with Gasteiger partial charge in [-0.1, -0.05) is 0 Å². The minimum absolute atomic E-state index is 0.0498. The lowest BCUT2D eigenvalue weighted by molar-refractivity contribution is -0.189. The third kappa shape index (κ3) is 1.77. The zero-order valence-corrected chi connectivity index (χ0v) is 8.28. The first kappa shape index (κ1) is 9.92. The third-order valence-electron chi connectivity index (χ3n) is 2.40. The Kier molecular flexibility index (Phi) is 3.46. The van der Waals surface area contributed by atoms with E-state index in [-0.39, 0.29) is 12.5 Å². The Bertz CT molecular complexity index is 127. The Morgan fingerprint density at radius 3 is 1.50 bits per heavy atom. The third-order valence-corrected chi connectivity index (χ3v) is 2.40. The van der Waals surface area contributed by atoms with Gasteiger partial charge in [-0.25, -0.2) is 0 Å². The second-order valence-corrected chi connectivity index (χ2v) is 3.21. The summed E-state index contributed by atoms with van der Waals surface area (Å²) in [5.74, 6) is 0. The van der Waals surface area contributed by atoms with Crippen molar-refractivity contribution in [1.82, 2.24) is 9.80 Å². The molecule has 0 N–H and O–H groups in total. The fraction of sp³-hybridized carbons (Fsp3) is 1.00. The molecule has 72 valence electrons. The van der Waals surface area contributed by atoms with Crippen LogP contribution in [0.2, 0.25) is 0 Å². The van der Waals surface area contributed by atoms with Crippen LogP contribution < -0.4 is 0 Å². The topological polar surface area (TPSA) is 24.9 Å². The summed E-state index contributed by atoms with van der Waals surface area (Å²) >= 11 is 0. The van der Waals surface area contributed by atoms with Crippen molar-refractivity contribution in [3.8, 4) is 0 Å². The van der Waals surface area contributed by atoms with Gasteiger partial charge in [-0.2, -0.15) is 0 Å². The maximum Gasteiger partial charge on any atom is 0.150 e. The number of hydrogen-bond donors (Lipinski definition) is 0. The maximum atomic E-state index is 5.34. The van der Waals surface area contributed by atoms with Gasteiger partial charge in [0.15, 0.2) is 0 Å². The molecular formula is C8H18N2O2. The van der Waals surface area contributed by atoms with Gasteiger partial charge in [0.1, 0.15) is 12.5 Å². The van der Waals surface area contributed by atoms with Crippen LogP contribution in [0.5, 0.6) is 0 Å². The molecule has 0 saturated carbocycles. The summed E-state index contributed by atoms with van der Waals surface area (Å²) in [7, 11) is 7.53. The normalized spacial score (nSPS) is 34.0. The smallest absolute Gasteiger partial charge is 0.150 e. The van der Waals surface area contributed by atoms with E-state index >= 15 is 0 Å². The van der Waals surface area contributed by atoms with E-state index in [9.17, 15) is 0 Å². The number of rotatable bonds is 2. The minimum atomic E-state index is 0.0498. The molecule has 0 aromatic carbocycles. The van der Waals surface area contributed by atoms with Crippen molar-refractivity contribution >= 4 is 0 Å². The van der Waals surface area contributed by atoms with E-state index in [2.05, 4.69) is 9.80 Å². The van der Waals surface area contributed by atoms with Crippen LogP contribution in [0.25, 0.3) is 0 Å². The fourth-order valence-corrected chi connectivity index (χ4v) is 1.60. The highest BCUT2D eigenvalue weighted by Crippen LogP contribution is 2.14. The van der Waals surface area contributed by atoms with Crippen molar-refractivity contribution in [3.05, 3.63) is 0 Å². The minimum Gasteiger partial charge on any atom is -0.362 e. The Morgan fingerprint density at radius 1 is 0.917 bits per heavy atom. The molecule has 2 atom stereocenters. The average molecular weight is 174 g/mol. The lowest BCUT2D eigenvalue weighted by Gasteiger charge is -2.42. The highest BCUT2D eigenvalue weighted by molar-refractivity contribution is 4.76. The first-order valence-electron chi connectivity index (χ1n) is 4.16. The molecule has 4 heteroatoms. The second-order valence-electron chi connectivity index (χ2n) is 3.21. The van der Waals surface area contributed by atoms with Crippen molar-refractivity contribution in [2.75, 3.05) is 41.4 Å². The molecule has 0 aromatic rings. The molecule has 0 aromatic heterocycles. The van der Waals surface area contributed by atoms with Gasteiger partial charge in [0.2, 0.25) is 0 Å². The van der Waals surface area contributed by atoms with Crippen LogP contribution in [0.3, 0.4) is 0 Å². The average Bonchev–Trinajstić information content (AvgIpc) is 2.08. The van der Waals surface area contributed by atoms with E-state index in [1.54, 1.807) is 14.2 Å². The summed E-state index contributed by atoms with van der Waals surface area (Å²) in [6.45, 7) is 2.05. The molecule has 0 aliphatic carbocycles. The number of likely N-dealkylation sites (N-methyl/N-ethyl adjacent to an activating group) is 2. The van der Waals surface area contributed by atoms with Crippen LogP contribution in [-0.4, -0.2) is 63.7 Å². The standard InChI is InChI=1S/C8H18N2O2/c1-9-5-6-10(2)8(12-4)7(9)11-3/h7-8H,5-6H2,1-4H3. The van der Waals surface area contributed by atoms with E-state index in [1.807, 2.05) is 14.1 Å². The number of ether oxygens (including phenoxy) is 2. The highest BCUT2D eigenvalue weighted by atomic mass is 16.6. The number of hydrogen-bond acceptors (Lipinski definition) is 4. The second kappa shape index (κ2) is 4.18. The Morgan fingerprint density at radius 2 is 1.25 bits per heavy atom. The van der Waals surface area contributed by atoms with Crippen LogP contribution in [0.1, 0.15) is 0 Å². The molecule has 1 rings (SSSR count). The summed E-state index contributed by atoms with van der Waals surface area (Å²) in [5, 5.41) is 0. The SMILES string of the molecule is COC1C(OC)N(C)CCN1C. The molecule has 1 aliphatic heterocycles. The van der Waals surface area contributed by atoms with Gasteiger partial charge in [0.05, 0.1) is 0 Å². The van der Waals surface area contributed by atoms with Gasteiger partial charge in [0, 0.05) is 27.3 Å². The van der Waals surface area contributed by atoms with Crippen molar-refractivity contribution < 1.29 is 9.47 Å². The zero-order chi connectivity index (χ0) is 9.14. The van der Waals surface area contributed by atoms with Crippen molar-refractivity contribution in [2.24, 2.45) is 0 Å². The highest BCUT2D eigenvalue weighted by Gasteiger charge is 2.32. The fourth-order valence-electron chi connectivity index (χ4n) is 1.60. The summed E-state index contributed by atoms with van der Waals surface area (Å²) in [5.41, 5.74) is 0. The van der Waals surface area contributed by atoms with Gasteiger partial charge in [-0.15, -0.1) is 0 Å². The van der Waals surface area contributed by atoms with Crippen LogP contribution in [0.15, 0.2) is 0 Å². The van der Waals surface area contributed by atoms with Crippen molar-refractivity contribution in [2.45, 2.75) is 12.5 Å². The molecule has 4 nitrogen and oxygen atoms in total. The van der Waals surface area contributed by atoms with E-state index < -0.39 is 0 Å². The predicted molar refractivity (Wildman–Crippen MR) is 46.9 cm³/mol. The van der Waals surface area contributed by atoms with Gasteiger partial charge in [-0.3, -0.25) is 9.80 Å². The summed E-state index contributed by atoms with van der Waals surface area (Å²) in [4.78, 5) is 4.32. The summed E-state index contributed by atoms with van der Waals surface area (Å²) in [6.07, 6.45) is 0.0995. The first-order chi connectivity index (χ1) is 5.70. The molecule has 1 fully saturated rings. The number of methoxy groups -OCH3 is 2. The quantitative estimate of drug-likeness (QED) is 0.579.